The first-order valence-corrected chi connectivity index (χ1v) is 10.3. The maximum absolute atomic E-state index is 11.7. The Morgan fingerprint density at radius 2 is 1.43 bits per heavy atom. The first kappa shape index (κ1) is 25.8. The van der Waals surface area contributed by atoms with Gasteiger partial charge in [0.1, 0.15) is 0 Å². The number of carbonyl (C=O) groups is 1. The van der Waals surface area contributed by atoms with Crippen molar-refractivity contribution in [2.75, 3.05) is 26.2 Å². The summed E-state index contributed by atoms with van der Waals surface area (Å²) in [5.74, 6) is 0.316. The zero-order chi connectivity index (χ0) is 21.0. The summed E-state index contributed by atoms with van der Waals surface area (Å²) in [5.41, 5.74) is 7.35. The lowest BCUT2D eigenvalue weighted by molar-refractivity contribution is -0.130. The molecular formula is C24H38N2O2. The van der Waals surface area contributed by atoms with Crippen molar-refractivity contribution in [1.29, 1.82) is 0 Å². The van der Waals surface area contributed by atoms with E-state index in [1.54, 1.807) is 0 Å². The normalized spacial score (nSPS) is 11.8. The maximum atomic E-state index is 11.7. The molecule has 1 amide bonds. The molecule has 2 aromatic rings. The Bertz CT molecular complexity index is 580. The van der Waals surface area contributed by atoms with E-state index in [2.05, 4.69) is 31.2 Å². The number of hydrogen-bond acceptors (Lipinski definition) is 3. The number of benzene rings is 2. The second-order valence-corrected chi connectivity index (χ2v) is 6.24. The van der Waals surface area contributed by atoms with Crippen LogP contribution in [0.2, 0.25) is 0 Å². The molecule has 0 atom stereocenters. The van der Waals surface area contributed by atoms with E-state index in [9.17, 15) is 4.79 Å². The smallest absolute Gasteiger partial charge is 0.222 e. The minimum absolute atomic E-state index is 0.0972. The summed E-state index contributed by atoms with van der Waals surface area (Å²) in [6, 6.07) is 20.5. The van der Waals surface area contributed by atoms with E-state index in [1.165, 1.54) is 24.0 Å². The molecule has 1 fully saturated rings. The summed E-state index contributed by atoms with van der Waals surface area (Å²) in [7, 11) is 0. The van der Waals surface area contributed by atoms with Crippen LogP contribution in [0.4, 0.5) is 0 Å². The third kappa shape index (κ3) is 13.1. The molecule has 0 saturated carbocycles. The highest BCUT2D eigenvalue weighted by Crippen LogP contribution is 2.11. The third-order valence-corrected chi connectivity index (χ3v) is 4.00. The lowest BCUT2D eigenvalue weighted by atomic mass is 10.1. The van der Waals surface area contributed by atoms with Gasteiger partial charge in [0.05, 0.1) is 6.61 Å². The quantitative estimate of drug-likeness (QED) is 0.827. The Balaban J connectivity index is 0.000000466. The Hall–Kier alpha value is -2.17. The number of rotatable bonds is 4. The molecule has 3 rings (SSSR count). The molecule has 0 aromatic heterocycles. The van der Waals surface area contributed by atoms with Gasteiger partial charge in [-0.2, -0.15) is 0 Å². The molecule has 4 heteroatoms. The van der Waals surface area contributed by atoms with Crippen molar-refractivity contribution in [1.82, 2.24) is 4.90 Å². The van der Waals surface area contributed by atoms with Crippen LogP contribution in [0.15, 0.2) is 60.7 Å². The Morgan fingerprint density at radius 1 is 0.964 bits per heavy atom. The minimum Gasteiger partial charge on any atom is -0.395 e. The summed E-state index contributed by atoms with van der Waals surface area (Å²) >= 11 is 0. The molecule has 1 aliphatic heterocycles. The van der Waals surface area contributed by atoms with E-state index in [0.717, 1.165) is 19.5 Å². The summed E-state index contributed by atoms with van der Waals surface area (Å²) in [5, 5.41) is 7.75. The number of aliphatic hydroxyl groups is 1. The predicted molar refractivity (Wildman–Crippen MR) is 119 cm³/mol. The Kier molecular flexibility index (Phi) is 16.8. The van der Waals surface area contributed by atoms with Crippen molar-refractivity contribution in [3.63, 3.8) is 0 Å². The van der Waals surface area contributed by atoms with Crippen molar-refractivity contribution in [3.8, 4) is 0 Å². The molecule has 0 spiro atoms. The monoisotopic (exact) mass is 386 g/mol. The average Bonchev–Trinajstić information content (AvgIpc) is 3.30. The van der Waals surface area contributed by atoms with Gasteiger partial charge in [-0.25, -0.2) is 0 Å². The number of hydrogen-bond donors (Lipinski definition) is 2. The lowest BCUT2D eigenvalue weighted by Crippen LogP contribution is -2.27. The van der Waals surface area contributed by atoms with Crippen molar-refractivity contribution in [2.45, 2.75) is 46.5 Å². The molecule has 3 N–H and O–H groups in total. The standard InChI is InChI=1S/C13H17NO.C7H8.C2H7NO.C2H6/c15-13(14-10-4-5-11-14)9-8-12-6-2-1-3-7-12;1-7-5-3-2-4-6-7;3-1-2-4;1-2/h1-3,6-7H,4-5,8-11H2;2-6H,1H3;4H,1-3H2;1-2H3. The van der Waals surface area contributed by atoms with Gasteiger partial charge < -0.3 is 15.7 Å². The van der Waals surface area contributed by atoms with Crippen LogP contribution in [-0.2, 0) is 11.2 Å². The zero-order valence-electron chi connectivity index (χ0n) is 17.8. The second kappa shape index (κ2) is 18.2. The van der Waals surface area contributed by atoms with Gasteiger partial charge in [-0.3, -0.25) is 4.79 Å². The van der Waals surface area contributed by atoms with Gasteiger partial charge >= 0.3 is 0 Å². The topological polar surface area (TPSA) is 66.6 Å². The van der Waals surface area contributed by atoms with Crippen molar-refractivity contribution in [2.24, 2.45) is 5.73 Å². The van der Waals surface area contributed by atoms with Crippen molar-refractivity contribution >= 4 is 5.91 Å². The predicted octanol–water partition coefficient (Wildman–Crippen LogP) is 4.20. The molecule has 4 nitrogen and oxygen atoms in total. The molecule has 0 aliphatic carbocycles. The van der Waals surface area contributed by atoms with Gasteiger partial charge in [0.25, 0.3) is 0 Å². The van der Waals surface area contributed by atoms with E-state index < -0.39 is 0 Å². The summed E-state index contributed by atoms with van der Waals surface area (Å²) < 4.78 is 0. The summed E-state index contributed by atoms with van der Waals surface area (Å²) in [4.78, 5) is 13.7. The van der Waals surface area contributed by atoms with Crippen LogP contribution < -0.4 is 5.73 Å². The molecule has 1 saturated heterocycles. The Morgan fingerprint density at radius 3 is 1.82 bits per heavy atom. The number of amides is 1. The highest BCUT2D eigenvalue weighted by atomic mass is 16.3. The van der Waals surface area contributed by atoms with Gasteiger partial charge in [-0.15, -0.1) is 0 Å². The number of nitrogens with two attached hydrogens (primary N) is 1. The van der Waals surface area contributed by atoms with Crippen LogP contribution in [0.25, 0.3) is 0 Å². The molecule has 2 aromatic carbocycles. The number of aryl methyl sites for hydroxylation is 2. The first-order chi connectivity index (χ1) is 13.7. The van der Waals surface area contributed by atoms with Crippen LogP contribution in [0.3, 0.4) is 0 Å². The highest BCUT2D eigenvalue weighted by molar-refractivity contribution is 5.76. The fraction of sp³-hybridized carbons (Fsp3) is 0.458. The van der Waals surface area contributed by atoms with E-state index in [0.29, 0.717) is 18.9 Å². The average molecular weight is 387 g/mol. The summed E-state index contributed by atoms with van der Waals surface area (Å²) in [6.07, 6.45) is 3.88. The zero-order valence-corrected chi connectivity index (χ0v) is 17.8. The highest BCUT2D eigenvalue weighted by Gasteiger charge is 2.16. The van der Waals surface area contributed by atoms with Crippen LogP contribution >= 0.6 is 0 Å². The SMILES string of the molecule is CC.Cc1ccccc1.NCCO.O=C(CCc1ccccc1)N1CCCC1. The van der Waals surface area contributed by atoms with Crippen LogP contribution in [-0.4, -0.2) is 42.2 Å². The molecule has 1 heterocycles. The van der Waals surface area contributed by atoms with E-state index >= 15 is 0 Å². The third-order valence-electron chi connectivity index (χ3n) is 4.00. The number of aliphatic hydroxyl groups excluding tert-OH is 1. The minimum atomic E-state index is 0.0972. The summed E-state index contributed by atoms with van der Waals surface area (Å²) in [6.45, 7) is 8.49. The van der Waals surface area contributed by atoms with E-state index in [-0.39, 0.29) is 6.61 Å². The molecule has 156 valence electrons. The molecule has 0 unspecified atom stereocenters. The van der Waals surface area contributed by atoms with Gasteiger partial charge in [-0.05, 0) is 31.7 Å². The van der Waals surface area contributed by atoms with E-state index in [1.807, 2.05) is 55.1 Å². The molecule has 0 radical (unpaired) electrons. The Labute approximate surface area is 171 Å². The molecule has 1 aliphatic rings. The number of carbonyl (C=O) groups excluding carboxylic acids is 1. The number of likely N-dealkylation sites (tertiary alicyclic amines) is 1. The van der Waals surface area contributed by atoms with Crippen LogP contribution in [0.5, 0.6) is 0 Å². The first-order valence-electron chi connectivity index (χ1n) is 10.3. The second-order valence-electron chi connectivity index (χ2n) is 6.24. The maximum Gasteiger partial charge on any atom is 0.222 e. The fourth-order valence-corrected chi connectivity index (χ4v) is 2.55. The van der Waals surface area contributed by atoms with Gasteiger partial charge in [0, 0.05) is 26.1 Å². The van der Waals surface area contributed by atoms with Crippen molar-refractivity contribution < 1.29 is 9.90 Å². The van der Waals surface area contributed by atoms with Gasteiger partial charge in [0.15, 0.2) is 0 Å². The largest absolute Gasteiger partial charge is 0.395 e. The number of nitrogens with zero attached hydrogens (tertiary/aromatic N) is 1. The molecule has 28 heavy (non-hydrogen) atoms. The van der Waals surface area contributed by atoms with Crippen molar-refractivity contribution in [3.05, 3.63) is 71.8 Å². The van der Waals surface area contributed by atoms with E-state index in [4.69, 9.17) is 10.8 Å². The lowest BCUT2D eigenvalue weighted by Gasteiger charge is -2.14. The fourth-order valence-electron chi connectivity index (χ4n) is 2.55. The van der Waals surface area contributed by atoms with Gasteiger partial charge in [-0.1, -0.05) is 80.1 Å². The van der Waals surface area contributed by atoms with Gasteiger partial charge in [0.2, 0.25) is 5.91 Å². The van der Waals surface area contributed by atoms with Crippen LogP contribution in [0, 0.1) is 6.92 Å². The van der Waals surface area contributed by atoms with Crippen LogP contribution in [0.1, 0.15) is 44.2 Å². The molecular weight excluding hydrogens is 348 g/mol. The molecule has 0 bridgehead atoms.